The largest absolute Gasteiger partial charge is 0.481 e. The highest BCUT2D eigenvalue weighted by atomic mass is 19.3. The molecule has 0 spiro atoms. The number of halogens is 2. The molecule has 1 fully saturated rings. The molecule has 1 saturated heterocycles. The number of carbonyl (C=O) groups is 1. The lowest BCUT2D eigenvalue weighted by molar-refractivity contribution is -0.158. The van der Waals surface area contributed by atoms with E-state index in [0.29, 0.717) is 6.54 Å². The molecule has 0 saturated carbocycles. The molecule has 1 aliphatic heterocycles. The lowest BCUT2D eigenvalue weighted by atomic mass is 9.91. The van der Waals surface area contributed by atoms with Crippen LogP contribution in [0.15, 0.2) is 43.1 Å². The van der Waals surface area contributed by atoms with Gasteiger partial charge < -0.3 is 19.3 Å². The minimum absolute atomic E-state index is 0.156. The van der Waals surface area contributed by atoms with Gasteiger partial charge in [-0.3, -0.25) is 4.79 Å². The van der Waals surface area contributed by atoms with Crippen LogP contribution in [-0.2, 0) is 11.3 Å². The molecule has 0 aliphatic carbocycles. The zero-order valence-corrected chi connectivity index (χ0v) is 21.4. The second kappa shape index (κ2) is 9.96. The highest BCUT2D eigenvalue weighted by Crippen LogP contribution is 2.33. The molecule has 0 atom stereocenters. The molecule has 1 N–H and O–H groups in total. The summed E-state index contributed by atoms with van der Waals surface area (Å²) in [5.41, 5.74) is 7.47. The summed E-state index contributed by atoms with van der Waals surface area (Å²) in [6, 6.07) is 9.48. The highest BCUT2D eigenvalue weighted by Gasteiger charge is 2.25. The molecule has 3 aromatic rings. The van der Waals surface area contributed by atoms with Crippen molar-refractivity contribution in [2.24, 2.45) is 5.92 Å². The van der Waals surface area contributed by atoms with Crippen LogP contribution in [0.3, 0.4) is 0 Å². The molecule has 36 heavy (non-hydrogen) atoms. The van der Waals surface area contributed by atoms with Gasteiger partial charge >= 0.3 is 12.1 Å². The van der Waals surface area contributed by atoms with Gasteiger partial charge in [0.15, 0.2) is 0 Å². The first-order valence-corrected chi connectivity index (χ1v) is 12.3. The Bertz CT molecular complexity index is 1300. The van der Waals surface area contributed by atoms with E-state index in [1.54, 1.807) is 12.1 Å². The van der Waals surface area contributed by atoms with Gasteiger partial charge in [0, 0.05) is 55.8 Å². The fourth-order valence-electron chi connectivity index (χ4n) is 5.38. The Balaban J connectivity index is 1.58. The summed E-state index contributed by atoms with van der Waals surface area (Å²) in [5.74, 6) is -0.352. The van der Waals surface area contributed by atoms with Crippen LogP contribution < -0.4 is 4.74 Å². The van der Waals surface area contributed by atoms with Crippen LogP contribution in [0, 0.1) is 26.7 Å². The molecule has 0 unspecified atom stereocenters. The first kappa shape index (κ1) is 25.7. The molecule has 2 heterocycles. The molecule has 1 aromatic heterocycles. The number of hydrogen-bond acceptors (Lipinski definition) is 3. The van der Waals surface area contributed by atoms with Crippen LogP contribution in [0.5, 0.6) is 5.75 Å². The molecular formula is C29H34F2N2O3. The molecule has 1 aliphatic rings. The summed E-state index contributed by atoms with van der Waals surface area (Å²) >= 11 is 0. The molecule has 0 radical (unpaired) electrons. The van der Waals surface area contributed by atoms with Gasteiger partial charge in [-0.2, -0.15) is 8.78 Å². The topological polar surface area (TPSA) is 54.7 Å². The maximum absolute atomic E-state index is 13.4. The average molecular weight is 497 g/mol. The predicted molar refractivity (Wildman–Crippen MR) is 139 cm³/mol. The fourth-order valence-corrected chi connectivity index (χ4v) is 5.38. The predicted octanol–water partition coefficient (Wildman–Crippen LogP) is 6.76. The Morgan fingerprint density at radius 2 is 1.83 bits per heavy atom. The van der Waals surface area contributed by atoms with Crippen LogP contribution in [0.1, 0.15) is 54.0 Å². The molecule has 0 amide bonds. The Morgan fingerprint density at radius 3 is 2.47 bits per heavy atom. The number of likely N-dealkylation sites (tertiary alicyclic amines) is 1. The van der Waals surface area contributed by atoms with Crippen molar-refractivity contribution in [3.05, 3.63) is 70.9 Å². The number of nitrogens with zero attached hydrogens (tertiary/aromatic N) is 2. The van der Waals surface area contributed by atoms with Crippen LogP contribution in [0.4, 0.5) is 8.78 Å². The van der Waals surface area contributed by atoms with Gasteiger partial charge in [0.1, 0.15) is 5.75 Å². The Labute approximate surface area is 211 Å². The van der Waals surface area contributed by atoms with E-state index in [0.717, 1.165) is 66.1 Å². The Hall–Kier alpha value is -3.35. The lowest BCUT2D eigenvalue weighted by Crippen LogP contribution is -2.33. The zero-order chi connectivity index (χ0) is 26.2. The number of carboxylic acids is 1. The van der Waals surface area contributed by atoms with Crippen LogP contribution >= 0.6 is 0 Å². The fraction of sp³-hybridized carbons (Fsp3) is 0.414. The number of carboxylic acid groups (broad SMARTS) is 1. The highest BCUT2D eigenvalue weighted by molar-refractivity contribution is 5.85. The number of aliphatic carboxylic acids is 1. The SMILES string of the molecule is C=C(c1ccc(C)c(Cn2ccc3cc(OC(C)(F)F)cc(C)c32)c1C)N1CCC(CC(=O)O)CC1. The Kier molecular flexibility index (Phi) is 7.12. The zero-order valence-electron chi connectivity index (χ0n) is 21.4. The number of aromatic nitrogens is 1. The van der Waals surface area contributed by atoms with Crippen molar-refractivity contribution in [2.45, 2.75) is 59.6 Å². The van der Waals surface area contributed by atoms with E-state index in [1.807, 2.05) is 19.2 Å². The molecule has 192 valence electrons. The van der Waals surface area contributed by atoms with Crippen LogP contribution in [0.2, 0.25) is 0 Å². The number of hydrogen-bond donors (Lipinski definition) is 1. The summed E-state index contributed by atoms with van der Waals surface area (Å²) in [4.78, 5) is 13.3. The minimum atomic E-state index is -3.23. The summed E-state index contributed by atoms with van der Waals surface area (Å²) in [6.45, 7) is 13.5. The van der Waals surface area contributed by atoms with E-state index >= 15 is 0 Å². The van der Waals surface area contributed by atoms with Crippen molar-refractivity contribution in [1.82, 2.24) is 9.47 Å². The maximum Gasteiger partial charge on any atom is 0.394 e. The van der Waals surface area contributed by atoms with Crippen molar-refractivity contribution in [2.75, 3.05) is 13.1 Å². The summed E-state index contributed by atoms with van der Waals surface area (Å²) in [7, 11) is 0. The van der Waals surface area contributed by atoms with Gasteiger partial charge in [0.05, 0.1) is 5.52 Å². The first-order chi connectivity index (χ1) is 16.9. The van der Waals surface area contributed by atoms with Crippen LogP contribution in [-0.4, -0.2) is 39.7 Å². The number of alkyl halides is 2. The summed E-state index contributed by atoms with van der Waals surface area (Å²) in [6.07, 6.45) is 0.692. The lowest BCUT2D eigenvalue weighted by Gasteiger charge is -2.35. The number of aryl methyl sites for hydroxylation is 2. The van der Waals surface area contributed by atoms with E-state index in [2.05, 4.69) is 42.0 Å². The third-order valence-corrected chi connectivity index (χ3v) is 7.25. The van der Waals surface area contributed by atoms with Gasteiger partial charge in [0.25, 0.3) is 0 Å². The third kappa shape index (κ3) is 5.55. The van der Waals surface area contributed by atoms with Gasteiger partial charge in [-0.05, 0) is 80.0 Å². The van der Waals surface area contributed by atoms with Crippen molar-refractivity contribution in [1.29, 1.82) is 0 Å². The van der Waals surface area contributed by atoms with Crippen molar-refractivity contribution >= 4 is 22.6 Å². The van der Waals surface area contributed by atoms with Crippen LogP contribution in [0.25, 0.3) is 16.6 Å². The first-order valence-electron chi connectivity index (χ1n) is 12.3. The number of benzene rings is 2. The molecule has 4 rings (SSSR count). The van der Waals surface area contributed by atoms with Crippen molar-refractivity contribution < 1.29 is 23.4 Å². The van der Waals surface area contributed by atoms with E-state index < -0.39 is 12.1 Å². The second-order valence-electron chi connectivity index (χ2n) is 10.0. The average Bonchev–Trinajstić information content (AvgIpc) is 3.18. The van der Waals surface area contributed by atoms with Gasteiger partial charge in [-0.1, -0.05) is 18.7 Å². The number of piperidine rings is 1. The monoisotopic (exact) mass is 496 g/mol. The second-order valence-corrected chi connectivity index (χ2v) is 10.0. The van der Waals surface area contributed by atoms with E-state index in [9.17, 15) is 13.6 Å². The Morgan fingerprint density at radius 1 is 1.14 bits per heavy atom. The number of ether oxygens (including phenoxy) is 1. The molecule has 7 heteroatoms. The van der Waals surface area contributed by atoms with Crippen molar-refractivity contribution in [3.8, 4) is 5.75 Å². The maximum atomic E-state index is 13.4. The van der Waals surface area contributed by atoms with E-state index in [1.165, 1.54) is 11.1 Å². The van der Waals surface area contributed by atoms with Gasteiger partial charge in [-0.15, -0.1) is 0 Å². The van der Waals surface area contributed by atoms with E-state index in [4.69, 9.17) is 9.84 Å². The van der Waals surface area contributed by atoms with Crippen molar-refractivity contribution in [3.63, 3.8) is 0 Å². The molecular weight excluding hydrogens is 462 g/mol. The number of rotatable bonds is 8. The summed E-state index contributed by atoms with van der Waals surface area (Å²) in [5, 5.41) is 9.95. The van der Waals surface area contributed by atoms with Gasteiger partial charge in [-0.25, -0.2) is 0 Å². The summed E-state index contributed by atoms with van der Waals surface area (Å²) < 4.78 is 33.7. The van der Waals surface area contributed by atoms with Gasteiger partial charge in [0.2, 0.25) is 0 Å². The quantitative estimate of drug-likeness (QED) is 0.374. The molecule has 0 bridgehead atoms. The molecule has 2 aromatic carbocycles. The normalized spacial score (nSPS) is 14.9. The number of fused-ring (bicyclic) bond motifs is 1. The van der Waals surface area contributed by atoms with E-state index in [-0.39, 0.29) is 18.1 Å². The third-order valence-electron chi connectivity index (χ3n) is 7.25. The molecule has 5 nitrogen and oxygen atoms in total. The minimum Gasteiger partial charge on any atom is -0.481 e. The standard InChI is InChI=1S/C29H34F2N2O3/c1-18-6-7-25(21(4)32-11-8-22(9-12-32)15-27(34)35)20(3)26(18)17-33-13-10-23-16-24(36-29(5,30)31)14-19(2)28(23)33/h6-7,10,13-14,16,22H,4,8-9,11-12,15,17H2,1-3,5H3,(H,34,35). The smallest absolute Gasteiger partial charge is 0.394 e.